The van der Waals surface area contributed by atoms with Crippen LogP contribution in [0.4, 0.5) is 0 Å². The Bertz CT molecular complexity index is 710. The number of hydrogen-bond acceptors (Lipinski definition) is 3. The van der Waals surface area contributed by atoms with E-state index in [1.807, 2.05) is 17.5 Å². The van der Waals surface area contributed by atoms with Crippen LogP contribution in [0.3, 0.4) is 0 Å². The number of hydrogen-bond donors (Lipinski definition) is 1. The summed E-state index contributed by atoms with van der Waals surface area (Å²) in [6.07, 6.45) is 3.68. The third kappa shape index (κ3) is 4.28. The molecule has 0 radical (unpaired) electrons. The summed E-state index contributed by atoms with van der Waals surface area (Å²) in [5.74, 6) is -0.0775. The van der Waals surface area contributed by atoms with Gasteiger partial charge >= 0.3 is 0 Å². The second-order valence-corrected chi connectivity index (χ2v) is 7.32. The normalized spacial score (nSPS) is 17.3. The number of carbonyl (C=O) groups excluding carboxylic acids is 2. The first-order valence-electron chi connectivity index (χ1n) is 8.89. The molecular weight excluding hydrogens is 332 g/mol. The second kappa shape index (κ2) is 8.30. The highest BCUT2D eigenvalue weighted by molar-refractivity contribution is 7.12. The Balaban J connectivity index is 1.63. The molecule has 25 heavy (non-hydrogen) atoms. The number of nitrogens with zero attached hydrogens (tertiary/aromatic N) is 1. The van der Waals surface area contributed by atoms with Gasteiger partial charge in [-0.05, 0) is 48.3 Å². The van der Waals surface area contributed by atoms with Crippen LogP contribution >= 0.6 is 11.3 Å². The van der Waals surface area contributed by atoms with Gasteiger partial charge in [-0.25, -0.2) is 0 Å². The first-order chi connectivity index (χ1) is 12.2. The number of rotatable bonds is 5. The van der Waals surface area contributed by atoms with Crippen LogP contribution in [-0.2, 0) is 17.8 Å². The lowest BCUT2D eigenvalue weighted by Crippen LogP contribution is -2.51. The molecule has 0 aliphatic carbocycles. The molecule has 0 saturated carbocycles. The van der Waals surface area contributed by atoms with E-state index in [0.29, 0.717) is 18.0 Å². The maximum absolute atomic E-state index is 12.7. The summed E-state index contributed by atoms with van der Waals surface area (Å²) >= 11 is 1.43. The second-order valence-electron chi connectivity index (χ2n) is 6.38. The third-order valence-electron chi connectivity index (χ3n) is 4.70. The minimum Gasteiger partial charge on any atom is -0.350 e. The summed E-state index contributed by atoms with van der Waals surface area (Å²) in [4.78, 5) is 27.8. The van der Waals surface area contributed by atoms with Crippen LogP contribution in [0.15, 0.2) is 41.8 Å². The molecule has 1 aliphatic rings. The van der Waals surface area contributed by atoms with Gasteiger partial charge in [0.25, 0.3) is 5.91 Å². The van der Waals surface area contributed by atoms with Crippen molar-refractivity contribution in [1.82, 2.24) is 10.2 Å². The summed E-state index contributed by atoms with van der Waals surface area (Å²) in [6, 6.07) is 11.6. The minimum atomic E-state index is -0.363. The highest BCUT2D eigenvalue weighted by Gasteiger charge is 2.32. The standard InChI is InChI=1S/C20H24N2O2S/c1-2-15-8-10-16(11-9-15)14-21-19(23)17-6-3-4-12-22(17)20(24)18-7-5-13-25-18/h5,7-11,13,17H,2-4,6,12,14H2,1H3,(H,21,23)/t17-/m1/s1. The first-order valence-corrected chi connectivity index (χ1v) is 9.77. The van der Waals surface area contributed by atoms with E-state index >= 15 is 0 Å². The Labute approximate surface area is 152 Å². The predicted octanol–water partition coefficient (Wildman–Crippen LogP) is 3.62. The number of amides is 2. The monoisotopic (exact) mass is 356 g/mol. The van der Waals surface area contributed by atoms with Gasteiger partial charge in [-0.3, -0.25) is 9.59 Å². The number of nitrogens with one attached hydrogen (secondary N) is 1. The quantitative estimate of drug-likeness (QED) is 0.889. The van der Waals surface area contributed by atoms with E-state index in [4.69, 9.17) is 0 Å². The van der Waals surface area contributed by atoms with Crippen molar-refractivity contribution in [3.05, 3.63) is 57.8 Å². The maximum atomic E-state index is 12.7. The number of likely N-dealkylation sites (tertiary alicyclic amines) is 1. The predicted molar refractivity (Wildman–Crippen MR) is 101 cm³/mol. The molecule has 1 saturated heterocycles. The van der Waals surface area contributed by atoms with Crippen molar-refractivity contribution in [3.8, 4) is 0 Å². The average Bonchev–Trinajstić information content (AvgIpc) is 3.20. The lowest BCUT2D eigenvalue weighted by molar-refractivity contribution is -0.126. The Morgan fingerprint density at radius 2 is 1.92 bits per heavy atom. The van der Waals surface area contributed by atoms with Crippen molar-refractivity contribution in [2.24, 2.45) is 0 Å². The van der Waals surface area contributed by atoms with Crippen LogP contribution in [0.25, 0.3) is 0 Å². The first kappa shape index (κ1) is 17.7. The molecule has 1 atom stereocenters. The summed E-state index contributed by atoms with van der Waals surface area (Å²) in [7, 11) is 0. The van der Waals surface area contributed by atoms with Gasteiger partial charge < -0.3 is 10.2 Å². The summed E-state index contributed by atoms with van der Waals surface area (Å²) < 4.78 is 0. The Morgan fingerprint density at radius 1 is 1.16 bits per heavy atom. The van der Waals surface area contributed by atoms with Crippen molar-refractivity contribution in [3.63, 3.8) is 0 Å². The molecule has 0 unspecified atom stereocenters. The molecule has 1 N–H and O–H groups in total. The zero-order valence-corrected chi connectivity index (χ0v) is 15.3. The lowest BCUT2D eigenvalue weighted by Gasteiger charge is -2.34. The van der Waals surface area contributed by atoms with E-state index < -0.39 is 0 Å². The van der Waals surface area contributed by atoms with Crippen molar-refractivity contribution in [2.45, 2.75) is 45.2 Å². The fourth-order valence-electron chi connectivity index (χ4n) is 3.19. The van der Waals surface area contributed by atoms with Crippen molar-refractivity contribution < 1.29 is 9.59 Å². The Hall–Kier alpha value is -2.14. The van der Waals surface area contributed by atoms with Crippen LogP contribution in [0.1, 0.15) is 47.0 Å². The van der Waals surface area contributed by atoms with E-state index in [2.05, 4.69) is 36.5 Å². The van der Waals surface area contributed by atoms with Crippen LogP contribution in [0.5, 0.6) is 0 Å². The van der Waals surface area contributed by atoms with Gasteiger partial charge in [-0.2, -0.15) is 0 Å². The third-order valence-corrected chi connectivity index (χ3v) is 5.55. The highest BCUT2D eigenvalue weighted by atomic mass is 32.1. The van der Waals surface area contributed by atoms with Crippen LogP contribution in [0.2, 0.25) is 0 Å². The highest BCUT2D eigenvalue weighted by Crippen LogP contribution is 2.22. The maximum Gasteiger partial charge on any atom is 0.264 e. The number of aryl methyl sites for hydroxylation is 1. The molecule has 1 aromatic heterocycles. The largest absolute Gasteiger partial charge is 0.350 e. The summed E-state index contributed by atoms with van der Waals surface area (Å²) in [5, 5.41) is 4.90. The van der Waals surface area contributed by atoms with Gasteiger partial charge in [0.15, 0.2) is 0 Å². The van der Waals surface area contributed by atoms with Gasteiger partial charge in [0.2, 0.25) is 5.91 Å². The van der Waals surface area contributed by atoms with Gasteiger partial charge in [-0.15, -0.1) is 11.3 Å². The van der Waals surface area contributed by atoms with Gasteiger partial charge in [0.1, 0.15) is 6.04 Å². The fourth-order valence-corrected chi connectivity index (χ4v) is 3.87. The van der Waals surface area contributed by atoms with Gasteiger partial charge in [0, 0.05) is 13.1 Å². The van der Waals surface area contributed by atoms with Crippen LogP contribution in [-0.4, -0.2) is 29.3 Å². The van der Waals surface area contributed by atoms with Crippen molar-refractivity contribution in [1.29, 1.82) is 0 Å². The molecule has 2 heterocycles. The average molecular weight is 356 g/mol. The molecule has 4 nitrogen and oxygen atoms in total. The molecule has 132 valence electrons. The van der Waals surface area contributed by atoms with E-state index in [1.54, 1.807) is 4.90 Å². The zero-order chi connectivity index (χ0) is 17.6. The Kier molecular flexibility index (Phi) is 5.87. The van der Waals surface area contributed by atoms with Crippen LogP contribution in [0, 0.1) is 0 Å². The molecular formula is C20H24N2O2S. The molecule has 1 aromatic carbocycles. The van der Waals surface area contributed by atoms with Crippen LogP contribution < -0.4 is 5.32 Å². The molecule has 1 aliphatic heterocycles. The fraction of sp³-hybridized carbons (Fsp3) is 0.400. The summed E-state index contributed by atoms with van der Waals surface area (Å²) in [6.45, 7) is 3.28. The topological polar surface area (TPSA) is 49.4 Å². The number of piperidine rings is 1. The molecule has 0 bridgehead atoms. The smallest absolute Gasteiger partial charge is 0.264 e. The molecule has 5 heteroatoms. The van der Waals surface area contributed by atoms with Gasteiger partial charge in [-0.1, -0.05) is 37.3 Å². The number of thiophene rings is 1. The van der Waals surface area contributed by atoms with E-state index in [9.17, 15) is 9.59 Å². The number of carbonyl (C=O) groups is 2. The van der Waals surface area contributed by atoms with Gasteiger partial charge in [0.05, 0.1) is 4.88 Å². The Morgan fingerprint density at radius 3 is 2.60 bits per heavy atom. The molecule has 1 fully saturated rings. The minimum absolute atomic E-state index is 0.0258. The molecule has 2 amide bonds. The summed E-state index contributed by atoms with van der Waals surface area (Å²) in [5.41, 5.74) is 2.37. The number of benzene rings is 1. The van der Waals surface area contributed by atoms with E-state index in [0.717, 1.165) is 31.2 Å². The zero-order valence-electron chi connectivity index (χ0n) is 14.5. The van der Waals surface area contributed by atoms with Crippen molar-refractivity contribution in [2.75, 3.05) is 6.54 Å². The van der Waals surface area contributed by atoms with Crippen molar-refractivity contribution >= 4 is 23.2 Å². The lowest BCUT2D eigenvalue weighted by atomic mass is 10.0. The SMILES string of the molecule is CCc1ccc(CNC(=O)[C@H]2CCCCN2C(=O)c2cccs2)cc1. The molecule has 2 aromatic rings. The molecule has 3 rings (SSSR count). The molecule has 0 spiro atoms. The van der Waals surface area contributed by atoms with E-state index in [1.165, 1.54) is 16.9 Å². The van der Waals surface area contributed by atoms with E-state index in [-0.39, 0.29) is 17.9 Å².